The smallest absolute Gasteiger partial charge is 0.387 e. The first-order chi connectivity index (χ1) is 15.8. The number of hydrogen-bond acceptors (Lipinski definition) is 6. The number of aromatic nitrogens is 1. The minimum absolute atomic E-state index is 0.00106. The standard InChI is InChI=1S/C22H24F2N4O4S/c1-13-17(14-5-7-15(8-6-14)32-19(23)24)26-20(33-13)25-16(29)9-12-28-18(30)22(27-21(28)31)10-3-2-4-11-22/h5-8,19H,2-4,9-12H2,1H3,(H,27,31)(H,25,26,29). The first-order valence-corrected chi connectivity index (χ1v) is 11.6. The van der Waals surface area contributed by atoms with E-state index >= 15 is 0 Å². The number of anilines is 1. The van der Waals surface area contributed by atoms with Gasteiger partial charge in [-0.15, -0.1) is 11.3 Å². The molecule has 0 bridgehead atoms. The van der Waals surface area contributed by atoms with Crippen molar-refractivity contribution in [1.29, 1.82) is 0 Å². The fourth-order valence-corrected chi connectivity index (χ4v) is 5.13. The van der Waals surface area contributed by atoms with Gasteiger partial charge in [-0.2, -0.15) is 8.78 Å². The molecule has 0 radical (unpaired) electrons. The quantitative estimate of drug-likeness (QED) is 0.578. The molecule has 1 saturated carbocycles. The van der Waals surface area contributed by atoms with Gasteiger partial charge in [0.15, 0.2) is 5.13 Å². The van der Waals surface area contributed by atoms with E-state index in [9.17, 15) is 23.2 Å². The van der Waals surface area contributed by atoms with Crippen molar-refractivity contribution in [3.05, 3.63) is 29.1 Å². The van der Waals surface area contributed by atoms with Crippen LogP contribution in [0.3, 0.4) is 0 Å². The Labute approximate surface area is 193 Å². The van der Waals surface area contributed by atoms with Crippen LogP contribution in [0.4, 0.5) is 18.7 Å². The molecule has 2 N–H and O–H groups in total. The average molecular weight is 479 g/mol. The Hall–Kier alpha value is -3.08. The molecular weight excluding hydrogens is 454 g/mol. The van der Waals surface area contributed by atoms with Gasteiger partial charge in [0, 0.05) is 23.4 Å². The molecule has 1 aliphatic carbocycles. The highest BCUT2D eigenvalue weighted by Crippen LogP contribution is 2.34. The summed E-state index contributed by atoms with van der Waals surface area (Å²) in [5.41, 5.74) is 0.512. The molecule has 4 rings (SSSR count). The molecule has 2 heterocycles. The highest BCUT2D eigenvalue weighted by atomic mass is 32.1. The number of nitrogens with one attached hydrogen (secondary N) is 2. The summed E-state index contributed by atoms with van der Waals surface area (Å²) in [6.45, 7) is -1.06. The van der Waals surface area contributed by atoms with Gasteiger partial charge in [-0.25, -0.2) is 9.78 Å². The summed E-state index contributed by atoms with van der Waals surface area (Å²) in [5.74, 6) is -0.557. The second-order valence-corrected chi connectivity index (χ2v) is 9.36. The van der Waals surface area contributed by atoms with Crippen LogP contribution in [0.25, 0.3) is 11.3 Å². The number of amides is 4. The van der Waals surface area contributed by atoms with Crippen molar-refractivity contribution in [3.63, 3.8) is 0 Å². The highest BCUT2D eigenvalue weighted by Gasteiger charge is 2.51. The van der Waals surface area contributed by atoms with Gasteiger partial charge in [-0.05, 0) is 44.0 Å². The van der Waals surface area contributed by atoms with E-state index in [0.717, 1.165) is 29.0 Å². The van der Waals surface area contributed by atoms with Gasteiger partial charge < -0.3 is 15.4 Å². The summed E-state index contributed by atoms with van der Waals surface area (Å²) < 4.78 is 29.0. The summed E-state index contributed by atoms with van der Waals surface area (Å²) in [6.07, 6.45) is 4.08. The van der Waals surface area contributed by atoms with E-state index in [1.165, 1.54) is 23.5 Å². The zero-order chi connectivity index (χ0) is 23.6. The minimum Gasteiger partial charge on any atom is -0.435 e. The SMILES string of the molecule is Cc1sc(NC(=O)CCN2C(=O)NC3(CCCCC3)C2=O)nc1-c1ccc(OC(F)F)cc1. The van der Waals surface area contributed by atoms with Crippen LogP contribution in [0.1, 0.15) is 43.4 Å². The van der Waals surface area contributed by atoms with Crippen molar-refractivity contribution in [2.75, 3.05) is 11.9 Å². The first-order valence-electron chi connectivity index (χ1n) is 10.7. The van der Waals surface area contributed by atoms with Crippen molar-refractivity contribution in [1.82, 2.24) is 15.2 Å². The Morgan fingerprint density at radius 3 is 2.61 bits per heavy atom. The largest absolute Gasteiger partial charge is 0.435 e. The van der Waals surface area contributed by atoms with Crippen LogP contribution in [0.15, 0.2) is 24.3 Å². The molecule has 176 valence electrons. The van der Waals surface area contributed by atoms with Gasteiger partial charge >= 0.3 is 12.6 Å². The summed E-state index contributed by atoms with van der Waals surface area (Å²) in [5, 5.41) is 5.92. The Morgan fingerprint density at radius 2 is 1.94 bits per heavy atom. The van der Waals surface area contributed by atoms with Crippen molar-refractivity contribution < 1.29 is 27.9 Å². The van der Waals surface area contributed by atoms with Crippen LogP contribution in [0.2, 0.25) is 0 Å². The number of aryl methyl sites for hydroxylation is 1. The summed E-state index contributed by atoms with van der Waals surface area (Å²) in [6, 6.07) is 5.64. The van der Waals surface area contributed by atoms with Crippen LogP contribution in [-0.4, -0.2) is 46.4 Å². The summed E-state index contributed by atoms with van der Waals surface area (Å²) in [4.78, 5) is 44.0. The second kappa shape index (κ2) is 9.42. The number of nitrogens with zero attached hydrogens (tertiary/aromatic N) is 2. The predicted octanol–water partition coefficient (Wildman–Crippen LogP) is 4.30. The lowest BCUT2D eigenvalue weighted by Crippen LogP contribution is -2.48. The number of carbonyl (C=O) groups is 3. The Morgan fingerprint density at radius 1 is 1.24 bits per heavy atom. The van der Waals surface area contributed by atoms with Gasteiger partial charge in [0.1, 0.15) is 11.3 Å². The Kier molecular flexibility index (Phi) is 6.59. The molecule has 0 unspecified atom stereocenters. The van der Waals surface area contributed by atoms with Crippen molar-refractivity contribution in [2.45, 2.75) is 57.6 Å². The highest BCUT2D eigenvalue weighted by molar-refractivity contribution is 7.16. The fourth-order valence-electron chi connectivity index (χ4n) is 4.28. The third-order valence-corrected chi connectivity index (χ3v) is 6.80. The first kappa shape index (κ1) is 23.1. The number of thiazole rings is 1. The maximum absolute atomic E-state index is 12.8. The number of hydrogen-bond donors (Lipinski definition) is 2. The summed E-state index contributed by atoms with van der Waals surface area (Å²) >= 11 is 1.28. The van der Waals surface area contributed by atoms with Crippen molar-refractivity contribution in [2.24, 2.45) is 0 Å². The third kappa shape index (κ3) is 4.97. The zero-order valence-electron chi connectivity index (χ0n) is 18.0. The molecule has 33 heavy (non-hydrogen) atoms. The van der Waals surface area contributed by atoms with Crippen molar-refractivity contribution >= 4 is 34.3 Å². The number of rotatable bonds is 7. The lowest BCUT2D eigenvalue weighted by Gasteiger charge is -2.30. The minimum atomic E-state index is -2.89. The van der Waals surface area contributed by atoms with E-state index in [1.54, 1.807) is 12.1 Å². The predicted molar refractivity (Wildman–Crippen MR) is 118 cm³/mol. The van der Waals surface area contributed by atoms with Gasteiger partial charge in [0.05, 0.1) is 5.69 Å². The van der Waals surface area contributed by atoms with Crippen molar-refractivity contribution in [3.8, 4) is 17.0 Å². The fraction of sp³-hybridized carbons (Fsp3) is 0.455. The van der Waals surface area contributed by atoms with E-state index in [2.05, 4.69) is 20.4 Å². The number of carbonyl (C=O) groups excluding carboxylic acids is 3. The molecule has 1 aromatic carbocycles. The molecule has 8 nitrogen and oxygen atoms in total. The zero-order valence-corrected chi connectivity index (χ0v) is 18.8. The molecular formula is C22H24F2N4O4S. The van der Waals surface area contributed by atoms with E-state index in [0.29, 0.717) is 29.2 Å². The molecule has 2 aromatic rings. The normalized spacial score (nSPS) is 17.5. The third-order valence-electron chi connectivity index (χ3n) is 5.91. The van der Waals surface area contributed by atoms with E-state index in [4.69, 9.17) is 0 Å². The van der Waals surface area contributed by atoms with Gasteiger partial charge in [0.25, 0.3) is 5.91 Å². The maximum atomic E-state index is 12.8. The van der Waals surface area contributed by atoms with Crippen LogP contribution in [0.5, 0.6) is 5.75 Å². The lowest BCUT2D eigenvalue weighted by atomic mass is 9.82. The molecule has 1 aromatic heterocycles. The number of urea groups is 1. The van der Waals surface area contributed by atoms with Gasteiger partial charge in [0.2, 0.25) is 5.91 Å². The number of halogens is 2. The van der Waals surface area contributed by atoms with Crippen LogP contribution in [-0.2, 0) is 9.59 Å². The lowest BCUT2D eigenvalue weighted by molar-refractivity contribution is -0.132. The maximum Gasteiger partial charge on any atom is 0.387 e. The molecule has 2 aliphatic rings. The van der Waals surface area contributed by atoms with Gasteiger partial charge in [-0.1, -0.05) is 19.3 Å². The molecule has 1 aliphatic heterocycles. The van der Waals surface area contributed by atoms with Crippen LogP contribution >= 0.6 is 11.3 Å². The average Bonchev–Trinajstić information content (AvgIpc) is 3.24. The number of benzene rings is 1. The van der Waals surface area contributed by atoms with E-state index < -0.39 is 18.2 Å². The van der Waals surface area contributed by atoms with Crippen LogP contribution < -0.4 is 15.4 Å². The molecule has 4 amide bonds. The Balaban J connectivity index is 1.35. The number of ether oxygens (including phenoxy) is 1. The molecule has 2 fully saturated rings. The Bertz CT molecular complexity index is 1050. The van der Waals surface area contributed by atoms with E-state index in [-0.39, 0.29) is 30.5 Å². The summed E-state index contributed by atoms with van der Waals surface area (Å²) in [7, 11) is 0. The number of alkyl halides is 2. The van der Waals surface area contributed by atoms with Gasteiger partial charge in [-0.3, -0.25) is 14.5 Å². The molecule has 11 heteroatoms. The topological polar surface area (TPSA) is 101 Å². The molecule has 1 spiro atoms. The molecule has 1 saturated heterocycles. The number of imide groups is 1. The van der Waals surface area contributed by atoms with Crippen LogP contribution in [0, 0.1) is 6.92 Å². The molecule has 0 atom stereocenters. The van der Waals surface area contributed by atoms with E-state index in [1.807, 2.05) is 6.92 Å². The monoisotopic (exact) mass is 478 g/mol. The second-order valence-electron chi connectivity index (χ2n) is 8.15.